The van der Waals surface area contributed by atoms with Crippen LogP contribution in [0.25, 0.3) is 21.5 Å². The van der Waals surface area contributed by atoms with E-state index in [2.05, 4.69) is 53.2 Å². The van der Waals surface area contributed by atoms with Crippen molar-refractivity contribution in [2.24, 2.45) is 10.2 Å². The lowest BCUT2D eigenvalue weighted by atomic mass is 10.00. The highest BCUT2D eigenvalue weighted by Crippen LogP contribution is 2.43. The minimum Gasteiger partial charge on any atom is -0.505 e. The van der Waals surface area contributed by atoms with Crippen LogP contribution in [0.2, 0.25) is 0 Å². The van der Waals surface area contributed by atoms with Gasteiger partial charge in [-0.25, -0.2) is 0 Å². The molecular formula is C26H27N3O. The monoisotopic (exact) mass is 397 g/mol. The Bertz CT molecular complexity index is 1180. The summed E-state index contributed by atoms with van der Waals surface area (Å²) in [6.07, 6.45) is 2.10. The third-order valence-corrected chi connectivity index (χ3v) is 5.29. The Morgan fingerprint density at radius 2 is 1.33 bits per heavy atom. The summed E-state index contributed by atoms with van der Waals surface area (Å²) in [5, 5.41) is 24.0. The SMILES string of the molecule is CCCN(CCC)c1cc(N=Nc2ccccc2)c(O)c2cc3ccccc3cc12. The van der Waals surface area contributed by atoms with Crippen molar-refractivity contribution in [2.75, 3.05) is 18.0 Å². The Morgan fingerprint density at radius 1 is 0.733 bits per heavy atom. The van der Waals surface area contributed by atoms with Crippen LogP contribution in [0.15, 0.2) is 83.0 Å². The van der Waals surface area contributed by atoms with Crippen LogP contribution in [0.1, 0.15) is 26.7 Å². The topological polar surface area (TPSA) is 48.2 Å². The Balaban J connectivity index is 1.94. The van der Waals surface area contributed by atoms with Gasteiger partial charge in [-0.05, 0) is 53.9 Å². The molecule has 4 aromatic carbocycles. The molecule has 0 aliphatic rings. The summed E-state index contributed by atoms with van der Waals surface area (Å²) in [4.78, 5) is 2.39. The minimum atomic E-state index is 0.173. The fraction of sp³-hybridized carbons (Fsp3) is 0.231. The molecule has 152 valence electrons. The van der Waals surface area contributed by atoms with Crippen LogP contribution < -0.4 is 4.90 Å². The molecule has 0 saturated heterocycles. The number of azo groups is 1. The van der Waals surface area contributed by atoms with Gasteiger partial charge in [0.25, 0.3) is 0 Å². The van der Waals surface area contributed by atoms with Gasteiger partial charge in [0.05, 0.1) is 5.69 Å². The lowest BCUT2D eigenvalue weighted by molar-refractivity contribution is 0.482. The fourth-order valence-electron chi connectivity index (χ4n) is 3.90. The molecule has 0 atom stereocenters. The number of benzene rings is 4. The van der Waals surface area contributed by atoms with Crippen molar-refractivity contribution < 1.29 is 5.11 Å². The minimum absolute atomic E-state index is 0.173. The van der Waals surface area contributed by atoms with Crippen LogP contribution in [0.3, 0.4) is 0 Å². The average Bonchev–Trinajstić information content (AvgIpc) is 2.78. The highest BCUT2D eigenvalue weighted by Gasteiger charge is 2.16. The Hall–Kier alpha value is -3.40. The second-order valence-corrected chi connectivity index (χ2v) is 7.53. The van der Waals surface area contributed by atoms with Crippen molar-refractivity contribution >= 4 is 38.6 Å². The van der Waals surface area contributed by atoms with Gasteiger partial charge in [0, 0.05) is 29.5 Å². The third-order valence-electron chi connectivity index (χ3n) is 5.29. The molecule has 0 saturated carbocycles. The first-order valence-corrected chi connectivity index (χ1v) is 10.6. The lowest BCUT2D eigenvalue weighted by Crippen LogP contribution is -2.25. The fourth-order valence-corrected chi connectivity index (χ4v) is 3.90. The number of fused-ring (bicyclic) bond motifs is 2. The van der Waals surface area contributed by atoms with Crippen LogP contribution in [-0.2, 0) is 0 Å². The van der Waals surface area contributed by atoms with E-state index < -0.39 is 0 Å². The maximum Gasteiger partial charge on any atom is 0.151 e. The van der Waals surface area contributed by atoms with Crippen LogP contribution in [-0.4, -0.2) is 18.2 Å². The number of anilines is 1. The van der Waals surface area contributed by atoms with E-state index in [0.717, 1.165) is 58.9 Å². The highest BCUT2D eigenvalue weighted by molar-refractivity contribution is 6.08. The Kier molecular flexibility index (Phi) is 5.94. The highest BCUT2D eigenvalue weighted by atomic mass is 16.3. The molecule has 0 heterocycles. The summed E-state index contributed by atoms with van der Waals surface area (Å²) in [6.45, 7) is 6.29. The molecule has 4 rings (SSSR count). The van der Waals surface area contributed by atoms with Gasteiger partial charge in [0.2, 0.25) is 0 Å². The van der Waals surface area contributed by atoms with Crippen molar-refractivity contribution in [1.82, 2.24) is 0 Å². The van der Waals surface area contributed by atoms with Crippen LogP contribution in [0.4, 0.5) is 17.1 Å². The molecule has 4 heteroatoms. The number of aromatic hydroxyl groups is 1. The molecule has 4 aromatic rings. The molecule has 0 aromatic heterocycles. The van der Waals surface area contributed by atoms with Gasteiger partial charge in [0.15, 0.2) is 5.75 Å². The molecule has 30 heavy (non-hydrogen) atoms. The average molecular weight is 398 g/mol. The zero-order valence-electron chi connectivity index (χ0n) is 17.5. The van der Waals surface area contributed by atoms with E-state index >= 15 is 0 Å². The molecule has 0 bridgehead atoms. The van der Waals surface area contributed by atoms with Crippen molar-refractivity contribution in [3.8, 4) is 5.75 Å². The quantitative estimate of drug-likeness (QED) is 0.256. The molecule has 0 fully saturated rings. The predicted octanol–water partition coefficient (Wildman–Crippen LogP) is 7.74. The second-order valence-electron chi connectivity index (χ2n) is 7.53. The standard InChI is InChI=1S/C26H27N3O/c1-3-14-29(15-4-2)25-18-24(28-27-21-12-6-5-7-13-21)26(30)23-17-20-11-9-8-10-19(20)16-22(23)25/h5-13,16-18,30H,3-4,14-15H2,1-2H3. The number of phenols is 1. The van der Waals surface area contributed by atoms with Crippen molar-refractivity contribution in [1.29, 1.82) is 0 Å². The van der Waals surface area contributed by atoms with Crippen molar-refractivity contribution in [2.45, 2.75) is 26.7 Å². The first-order chi connectivity index (χ1) is 14.7. The van der Waals surface area contributed by atoms with Gasteiger partial charge < -0.3 is 10.0 Å². The maximum absolute atomic E-state index is 11.1. The van der Waals surface area contributed by atoms with Gasteiger partial charge in [0.1, 0.15) is 5.69 Å². The van der Waals surface area contributed by atoms with E-state index in [9.17, 15) is 5.11 Å². The summed E-state index contributed by atoms with van der Waals surface area (Å²) in [5.41, 5.74) is 2.35. The molecule has 0 unspecified atom stereocenters. The lowest BCUT2D eigenvalue weighted by Gasteiger charge is -2.26. The number of phenolic OH excluding ortho intramolecular Hbond substituents is 1. The van der Waals surface area contributed by atoms with Crippen LogP contribution in [0.5, 0.6) is 5.75 Å². The molecule has 0 spiro atoms. The zero-order valence-corrected chi connectivity index (χ0v) is 17.5. The number of hydrogen-bond acceptors (Lipinski definition) is 4. The van der Waals surface area contributed by atoms with Crippen LogP contribution in [0, 0.1) is 0 Å². The molecule has 0 amide bonds. The molecule has 0 aliphatic heterocycles. The van der Waals surface area contributed by atoms with Gasteiger partial charge in [-0.3, -0.25) is 0 Å². The molecule has 1 N–H and O–H groups in total. The third kappa shape index (κ3) is 3.99. The first-order valence-electron chi connectivity index (χ1n) is 10.6. The zero-order chi connectivity index (χ0) is 20.9. The molecular weight excluding hydrogens is 370 g/mol. The van der Waals surface area contributed by atoms with Crippen molar-refractivity contribution in [3.63, 3.8) is 0 Å². The maximum atomic E-state index is 11.1. The van der Waals surface area contributed by atoms with Gasteiger partial charge in [-0.15, -0.1) is 5.11 Å². The number of hydrogen-bond donors (Lipinski definition) is 1. The summed E-state index contributed by atoms with van der Waals surface area (Å²) in [6, 6.07) is 24.1. The van der Waals surface area contributed by atoms with E-state index in [0.29, 0.717) is 5.69 Å². The summed E-state index contributed by atoms with van der Waals surface area (Å²) < 4.78 is 0. The normalized spacial score (nSPS) is 11.5. The summed E-state index contributed by atoms with van der Waals surface area (Å²) in [7, 11) is 0. The van der Waals surface area contributed by atoms with Crippen LogP contribution >= 0.6 is 0 Å². The van der Waals surface area contributed by atoms with E-state index in [1.54, 1.807) is 0 Å². The Morgan fingerprint density at radius 3 is 1.97 bits per heavy atom. The van der Waals surface area contributed by atoms with E-state index in [-0.39, 0.29) is 5.75 Å². The number of nitrogens with zero attached hydrogens (tertiary/aromatic N) is 3. The first kappa shape index (κ1) is 19.9. The summed E-state index contributed by atoms with van der Waals surface area (Å²) in [5.74, 6) is 0.173. The van der Waals surface area contributed by atoms with E-state index in [1.807, 2.05) is 48.5 Å². The molecule has 4 nitrogen and oxygen atoms in total. The summed E-state index contributed by atoms with van der Waals surface area (Å²) >= 11 is 0. The van der Waals surface area contributed by atoms with Gasteiger partial charge in [-0.1, -0.05) is 56.3 Å². The number of rotatable bonds is 7. The Labute approximate surface area is 177 Å². The van der Waals surface area contributed by atoms with E-state index in [4.69, 9.17) is 0 Å². The van der Waals surface area contributed by atoms with Gasteiger partial charge >= 0.3 is 0 Å². The second kappa shape index (κ2) is 8.95. The molecule has 0 aliphatic carbocycles. The molecule has 0 radical (unpaired) electrons. The predicted molar refractivity (Wildman–Crippen MR) is 127 cm³/mol. The van der Waals surface area contributed by atoms with Gasteiger partial charge in [-0.2, -0.15) is 5.11 Å². The van der Waals surface area contributed by atoms with Crippen molar-refractivity contribution in [3.05, 3.63) is 72.8 Å². The smallest absolute Gasteiger partial charge is 0.151 e. The van der Waals surface area contributed by atoms with E-state index in [1.165, 1.54) is 0 Å². The largest absolute Gasteiger partial charge is 0.505 e.